The average Bonchev–Trinajstić information content (AvgIpc) is 2.13. The van der Waals surface area contributed by atoms with Crippen LogP contribution in [0, 0.1) is 10.1 Å². The Balaban J connectivity index is 2.59. The summed E-state index contributed by atoms with van der Waals surface area (Å²) in [4.78, 5) is 14.8. The summed E-state index contributed by atoms with van der Waals surface area (Å²) in [5, 5.41) is 10.1. The van der Waals surface area contributed by atoms with E-state index in [9.17, 15) is 10.1 Å². The van der Waals surface area contributed by atoms with E-state index in [0.29, 0.717) is 6.54 Å². The Bertz CT molecular complexity index is 156. The zero-order chi connectivity index (χ0) is 6.85. The van der Waals surface area contributed by atoms with Crippen molar-refractivity contribution in [2.24, 2.45) is 4.99 Å². The molecule has 1 atom stereocenters. The fraction of sp³-hybridized carbons (Fsp3) is 0.750. The molecule has 0 saturated heterocycles. The number of aliphatic imine (C=N–C) groups is 1. The van der Waals surface area contributed by atoms with Crippen molar-refractivity contribution in [3.05, 3.63) is 10.1 Å². The average molecular weight is 129 g/mol. The minimum atomic E-state index is -0.843. The first-order chi connectivity index (χ1) is 4.22. The predicted molar refractivity (Wildman–Crippen MR) is 31.9 cm³/mol. The van der Waals surface area contributed by atoms with Crippen LogP contribution in [0.2, 0.25) is 0 Å². The molecule has 1 rings (SSSR count). The molecule has 0 spiro atoms. The summed E-state index contributed by atoms with van der Waals surface area (Å²) in [7, 11) is 1.67. The van der Waals surface area contributed by atoms with Gasteiger partial charge in [0.2, 0.25) is 0 Å². The molecule has 1 aliphatic rings. The lowest BCUT2D eigenvalue weighted by atomic mass is 10.7. The second-order valence-corrected chi connectivity index (χ2v) is 1.90. The molecule has 50 valence electrons. The van der Waals surface area contributed by atoms with Crippen molar-refractivity contribution in [2.45, 2.75) is 6.29 Å². The minimum absolute atomic E-state index is 0.413. The van der Waals surface area contributed by atoms with Gasteiger partial charge in [-0.2, -0.15) is 0 Å². The van der Waals surface area contributed by atoms with Crippen LogP contribution in [-0.2, 0) is 0 Å². The van der Waals surface area contributed by atoms with Crippen LogP contribution in [-0.4, -0.2) is 35.9 Å². The molecule has 0 bridgehead atoms. The third kappa shape index (κ3) is 1.05. The maximum Gasteiger partial charge on any atom is 0.364 e. The van der Waals surface area contributed by atoms with Crippen molar-refractivity contribution >= 4 is 6.21 Å². The van der Waals surface area contributed by atoms with Gasteiger partial charge < -0.3 is 0 Å². The molecule has 5 nitrogen and oxygen atoms in total. The van der Waals surface area contributed by atoms with Gasteiger partial charge >= 0.3 is 6.29 Å². The summed E-state index contributed by atoms with van der Waals surface area (Å²) in [6.07, 6.45) is 0.706. The van der Waals surface area contributed by atoms with Crippen molar-refractivity contribution in [2.75, 3.05) is 13.6 Å². The Morgan fingerprint density at radius 3 is 2.89 bits per heavy atom. The van der Waals surface area contributed by atoms with E-state index in [1.807, 2.05) is 0 Å². The number of hydrogen-bond donors (Lipinski definition) is 0. The molecule has 1 aliphatic heterocycles. The van der Waals surface area contributed by atoms with Crippen molar-refractivity contribution < 1.29 is 4.92 Å². The predicted octanol–water partition coefficient (Wildman–Crippen LogP) is -0.437. The highest BCUT2D eigenvalue weighted by Crippen LogP contribution is 2.02. The van der Waals surface area contributed by atoms with Crippen LogP contribution in [0.1, 0.15) is 0 Å². The smallest absolute Gasteiger partial charge is 0.261 e. The van der Waals surface area contributed by atoms with Crippen LogP contribution in [0.25, 0.3) is 0 Å². The van der Waals surface area contributed by atoms with Gasteiger partial charge in [0.25, 0.3) is 0 Å². The summed E-state index contributed by atoms with van der Waals surface area (Å²) in [5.74, 6) is 0. The summed E-state index contributed by atoms with van der Waals surface area (Å²) < 4.78 is 0. The summed E-state index contributed by atoms with van der Waals surface area (Å²) >= 11 is 0. The first kappa shape index (κ1) is 6.15. The van der Waals surface area contributed by atoms with E-state index in [-0.39, 0.29) is 0 Å². The number of hydrogen-bond acceptors (Lipinski definition) is 4. The molecule has 1 unspecified atom stereocenters. The summed E-state index contributed by atoms with van der Waals surface area (Å²) in [6.45, 7) is 0.575. The molecule has 0 N–H and O–H groups in total. The van der Waals surface area contributed by atoms with E-state index in [4.69, 9.17) is 0 Å². The van der Waals surface area contributed by atoms with E-state index < -0.39 is 11.2 Å². The highest BCUT2D eigenvalue weighted by atomic mass is 16.6. The Hall–Kier alpha value is -0.970. The minimum Gasteiger partial charge on any atom is -0.261 e. The van der Waals surface area contributed by atoms with Gasteiger partial charge in [0, 0.05) is 12.8 Å². The fourth-order valence-electron chi connectivity index (χ4n) is 0.694. The normalized spacial score (nSPS) is 27.0. The molecule has 1 heterocycles. The van der Waals surface area contributed by atoms with Crippen molar-refractivity contribution in [1.82, 2.24) is 4.90 Å². The van der Waals surface area contributed by atoms with Crippen molar-refractivity contribution in [3.63, 3.8) is 0 Å². The van der Waals surface area contributed by atoms with Gasteiger partial charge in [0.05, 0.1) is 4.92 Å². The molecule has 0 radical (unpaired) electrons. The lowest BCUT2D eigenvalue weighted by Crippen LogP contribution is -2.32. The van der Waals surface area contributed by atoms with Gasteiger partial charge in [-0.3, -0.25) is 10.1 Å². The molecule has 0 amide bonds. The van der Waals surface area contributed by atoms with Crippen molar-refractivity contribution in [1.29, 1.82) is 0 Å². The van der Waals surface area contributed by atoms with Gasteiger partial charge in [-0.1, -0.05) is 0 Å². The molecule has 0 aromatic carbocycles. The maximum absolute atomic E-state index is 10.1. The first-order valence-corrected chi connectivity index (χ1v) is 2.57. The Morgan fingerprint density at radius 2 is 2.67 bits per heavy atom. The zero-order valence-electron chi connectivity index (χ0n) is 5.02. The van der Waals surface area contributed by atoms with Gasteiger partial charge in [-0.15, -0.1) is 0 Å². The lowest BCUT2D eigenvalue weighted by Gasteiger charge is -2.07. The van der Waals surface area contributed by atoms with Crippen LogP contribution in [0.4, 0.5) is 0 Å². The topological polar surface area (TPSA) is 58.7 Å². The number of nitrogens with zero attached hydrogens (tertiary/aromatic N) is 3. The van der Waals surface area contributed by atoms with Crippen molar-refractivity contribution in [3.8, 4) is 0 Å². The Labute approximate surface area is 52.1 Å². The van der Waals surface area contributed by atoms with E-state index in [0.717, 1.165) is 0 Å². The molecule has 9 heavy (non-hydrogen) atoms. The molecule has 0 saturated carbocycles. The van der Waals surface area contributed by atoms with Crippen LogP contribution >= 0.6 is 0 Å². The molecule has 0 aromatic heterocycles. The zero-order valence-corrected chi connectivity index (χ0v) is 5.02. The molecular weight excluding hydrogens is 122 g/mol. The van der Waals surface area contributed by atoms with Gasteiger partial charge in [-0.25, -0.2) is 9.89 Å². The first-order valence-electron chi connectivity index (χ1n) is 2.57. The Kier molecular flexibility index (Phi) is 1.44. The number of rotatable bonds is 1. The standard InChI is InChI=1S/C4H7N3O2/c1-6-3-2-5-4(6)7(8)9/h2,4H,3H2,1H3. The monoisotopic (exact) mass is 129 g/mol. The highest BCUT2D eigenvalue weighted by molar-refractivity contribution is 5.61. The molecule has 5 heteroatoms. The Morgan fingerprint density at radius 1 is 2.00 bits per heavy atom. The second-order valence-electron chi connectivity index (χ2n) is 1.90. The molecule has 0 fully saturated rings. The van der Waals surface area contributed by atoms with Gasteiger partial charge in [-0.05, 0) is 7.05 Å². The van der Waals surface area contributed by atoms with Crippen LogP contribution in [0.5, 0.6) is 0 Å². The van der Waals surface area contributed by atoms with Crippen LogP contribution < -0.4 is 0 Å². The van der Waals surface area contributed by atoms with Gasteiger partial charge in [0.15, 0.2) is 0 Å². The highest BCUT2D eigenvalue weighted by Gasteiger charge is 2.26. The largest absolute Gasteiger partial charge is 0.364 e. The third-order valence-electron chi connectivity index (χ3n) is 1.19. The van der Waals surface area contributed by atoms with Crippen LogP contribution in [0.3, 0.4) is 0 Å². The molecule has 0 aliphatic carbocycles. The fourth-order valence-corrected chi connectivity index (χ4v) is 0.694. The number of nitro groups is 1. The van der Waals surface area contributed by atoms with E-state index >= 15 is 0 Å². The third-order valence-corrected chi connectivity index (χ3v) is 1.19. The summed E-state index contributed by atoms with van der Waals surface area (Å²) in [5.41, 5.74) is 0. The second kappa shape index (κ2) is 2.10. The van der Waals surface area contributed by atoms with E-state index in [2.05, 4.69) is 4.99 Å². The lowest BCUT2D eigenvalue weighted by molar-refractivity contribution is -0.544. The van der Waals surface area contributed by atoms with Crippen LogP contribution in [0.15, 0.2) is 4.99 Å². The molecule has 0 aromatic rings. The van der Waals surface area contributed by atoms with Gasteiger partial charge in [0.1, 0.15) is 0 Å². The maximum atomic E-state index is 10.1. The SMILES string of the molecule is CN1CC=NC1[N+](=O)[O-]. The quantitative estimate of drug-likeness (QED) is 0.356. The molecular formula is C4H7N3O2. The van der Waals surface area contributed by atoms with E-state index in [1.165, 1.54) is 0 Å². The summed E-state index contributed by atoms with van der Waals surface area (Å²) in [6, 6.07) is 0. The van der Waals surface area contributed by atoms with E-state index in [1.54, 1.807) is 18.2 Å².